The lowest BCUT2D eigenvalue weighted by Gasteiger charge is -2.31. The van der Waals surface area contributed by atoms with Crippen LogP contribution < -0.4 is 10.2 Å². The molecule has 1 aliphatic rings. The predicted molar refractivity (Wildman–Crippen MR) is 114 cm³/mol. The van der Waals surface area contributed by atoms with E-state index in [2.05, 4.69) is 26.5 Å². The Morgan fingerprint density at radius 1 is 1.19 bits per heavy atom. The summed E-state index contributed by atoms with van der Waals surface area (Å²) in [6, 6.07) is 10.9. The van der Waals surface area contributed by atoms with Gasteiger partial charge >= 0.3 is 0 Å². The van der Waals surface area contributed by atoms with Crippen LogP contribution in [0.5, 0.6) is 0 Å². The second kappa shape index (κ2) is 8.39. The van der Waals surface area contributed by atoms with Crippen LogP contribution in [0, 0.1) is 17.2 Å². The summed E-state index contributed by atoms with van der Waals surface area (Å²) in [4.78, 5) is 23.4. The Morgan fingerprint density at radius 3 is 2.78 bits per heavy atom. The van der Waals surface area contributed by atoms with Crippen molar-refractivity contribution >= 4 is 17.5 Å². The molecular weight excluding hydrogens is 410 g/mol. The summed E-state index contributed by atoms with van der Waals surface area (Å²) >= 11 is 0. The zero-order valence-electron chi connectivity index (χ0n) is 17.0. The van der Waals surface area contributed by atoms with Crippen molar-refractivity contribution < 1.29 is 13.6 Å². The quantitative estimate of drug-likeness (QED) is 0.512. The van der Waals surface area contributed by atoms with Crippen LogP contribution in [0.3, 0.4) is 0 Å². The molecule has 1 saturated heterocycles. The number of nitrogens with zero attached hydrogens (tertiary/aromatic N) is 6. The molecule has 5 heterocycles. The number of oxazole rings is 1. The van der Waals surface area contributed by atoms with E-state index in [4.69, 9.17) is 8.83 Å². The van der Waals surface area contributed by atoms with Crippen LogP contribution in [0.25, 0.3) is 17.5 Å². The van der Waals surface area contributed by atoms with Crippen molar-refractivity contribution in [3.63, 3.8) is 0 Å². The molecule has 0 unspecified atom stereocenters. The van der Waals surface area contributed by atoms with Gasteiger partial charge in [0.25, 0.3) is 5.89 Å². The molecule has 32 heavy (non-hydrogen) atoms. The molecule has 1 N–H and O–H groups in total. The van der Waals surface area contributed by atoms with E-state index in [1.54, 1.807) is 53.6 Å². The molecular formula is C22H19N7O3. The normalized spacial score (nSPS) is 14.3. The number of carbonyl (C=O) groups is 1. The number of nitrogens with one attached hydrogen (secondary N) is 1. The van der Waals surface area contributed by atoms with Gasteiger partial charge in [-0.3, -0.25) is 4.79 Å². The third-order valence-corrected chi connectivity index (χ3v) is 5.37. The Morgan fingerprint density at radius 2 is 2.06 bits per heavy atom. The van der Waals surface area contributed by atoms with Gasteiger partial charge in [0.2, 0.25) is 17.5 Å². The van der Waals surface area contributed by atoms with E-state index < -0.39 is 0 Å². The highest BCUT2D eigenvalue weighted by Gasteiger charge is 2.29. The minimum absolute atomic E-state index is 0.0691. The third-order valence-electron chi connectivity index (χ3n) is 5.37. The van der Waals surface area contributed by atoms with Crippen LogP contribution in [0.1, 0.15) is 18.5 Å². The molecule has 10 nitrogen and oxygen atoms in total. The monoisotopic (exact) mass is 429 g/mol. The van der Waals surface area contributed by atoms with Crippen molar-refractivity contribution in [3.8, 4) is 23.5 Å². The van der Waals surface area contributed by atoms with E-state index in [1.807, 2.05) is 4.90 Å². The highest BCUT2D eigenvalue weighted by Crippen LogP contribution is 2.31. The Bertz CT molecular complexity index is 1250. The van der Waals surface area contributed by atoms with Gasteiger partial charge in [-0.25, -0.2) is 9.67 Å². The van der Waals surface area contributed by atoms with Gasteiger partial charge in [-0.15, -0.1) is 0 Å². The van der Waals surface area contributed by atoms with Crippen LogP contribution in [-0.2, 0) is 4.79 Å². The Hall–Kier alpha value is -4.39. The third kappa shape index (κ3) is 3.72. The van der Waals surface area contributed by atoms with E-state index in [-0.39, 0.29) is 23.4 Å². The Balaban J connectivity index is 1.26. The number of amides is 1. The van der Waals surface area contributed by atoms with Gasteiger partial charge in [-0.05, 0) is 43.2 Å². The minimum atomic E-state index is -0.171. The topological polar surface area (TPSA) is 126 Å². The van der Waals surface area contributed by atoms with Crippen LogP contribution in [-0.4, -0.2) is 38.7 Å². The first kappa shape index (κ1) is 19.6. The molecule has 1 fully saturated rings. The molecule has 0 bridgehead atoms. The van der Waals surface area contributed by atoms with Crippen LogP contribution >= 0.6 is 0 Å². The molecule has 0 saturated carbocycles. The van der Waals surface area contributed by atoms with Crippen LogP contribution in [0.2, 0.25) is 0 Å². The molecule has 0 spiro atoms. The largest absolute Gasteiger partial charge is 0.459 e. The Labute approximate surface area is 183 Å². The number of rotatable bonds is 5. The average Bonchev–Trinajstić information content (AvgIpc) is 3.61. The number of furan rings is 1. The number of piperidine rings is 1. The molecule has 1 aliphatic heterocycles. The van der Waals surface area contributed by atoms with E-state index in [0.29, 0.717) is 49.1 Å². The van der Waals surface area contributed by atoms with Gasteiger partial charge in [0, 0.05) is 37.6 Å². The maximum Gasteiger partial charge on any atom is 0.266 e. The molecule has 10 heteroatoms. The first-order valence-corrected chi connectivity index (χ1v) is 10.2. The maximum atomic E-state index is 12.9. The van der Waals surface area contributed by atoms with Crippen molar-refractivity contribution in [2.45, 2.75) is 12.8 Å². The molecule has 5 rings (SSSR count). The lowest BCUT2D eigenvalue weighted by atomic mass is 9.96. The SMILES string of the molecule is N#Cc1nc(-c2ccco2)oc1N1CCC(C(=O)Nc2cccnc2-n2cccn2)CC1. The minimum Gasteiger partial charge on any atom is -0.459 e. The van der Waals surface area contributed by atoms with Crippen molar-refractivity contribution in [2.24, 2.45) is 5.92 Å². The highest BCUT2D eigenvalue weighted by atomic mass is 16.4. The van der Waals surface area contributed by atoms with Crippen LogP contribution in [0.4, 0.5) is 11.6 Å². The summed E-state index contributed by atoms with van der Waals surface area (Å²) < 4.78 is 12.7. The number of carbonyl (C=O) groups excluding carboxylic acids is 1. The number of hydrogen-bond acceptors (Lipinski definition) is 8. The summed E-state index contributed by atoms with van der Waals surface area (Å²) in [5.74, 6) is 1.46. The van der Waals surface area contributed by atoms with E-state index in [1.165, 1.54) is 6.26 Å². The molecule has 160 valence electrons. The van der Waals surface area contributed by atoms with E-state index in [9.17, 15) is 10.1 Å². The number of pyridine rings is 1. The molecule has 1 amide bonds. The molecule has 0 aliphatic carbocycles. The van der Waals surface area contributed by atoms with Gasteiger partial charge in [-0.2, -0.15) is 15.3 Å². The van der Waals surface area contributed by atoms with E-state index >= 15 is 0 Å². The van der Waals surface area contributed by atoms with E-state index in [0.717, 1.165) is 0 Å². The maximum absolute atomic E-state index is 12.9. The lowest BCUT2D eigenvalue weighted by Crippen LogP contribution is -2.38. The number of anilines is 2. The summed E-state index contributed by atoms with van der Waals surface area (Å²) in [6.45, 7) is 1.14. The van der Waals surface area contributed by atoms with Gasteiger partial charge in [0.05, 0.1) is 12.0 Å². The van der Waals surface area contributed by atoms with Gasteiger partial charge in [0.15, 0.2) is 11.6 Å². The first-order valence-electron chi connectivity index (χ1n) is 10.2. The van der Waals surface area contributed by atoms with Crippen LogP contribution in [0.15, 0.2) is 64.0 Å². The number of hydrogen-bond donors (Lipinski definition) is 1. The van der Waals surface area contributed by atoms with Gasteiger partial charge in [-0.1, -0.05) is 0 Å². The standard InChI is InChI=1S/C22H19N7O3/c23-14-17-22(32-21(27-17)18-5-2-13-31-18)28-11-6-15(7-12-28)20(30)26-16-4-1-8-24-19(16)29-10-3-9-25-29/h1-5,8-10,13,15H,6-7,11-12H2,(H,26,30). The second-order valence-corrected chi connectivity index (χ2v) is 7.34. The second-order valence-electron chi connectivity index (χ2n) is 7.34. The first-order chi connectivity index (χ1) is 15.7. The molecule has 0 radical (unpaired) electrons. The zero-order valence-corrected chi connectivity index (χ0v) is 17.0. The molecule has 4 aromatic rings. The van der Waals surface area contributed by atoms with Crippen molar-refractivity contribution in [1.82, 2.24) is 19.7 Å². The van der Waals surface area contributed by atoms with Crippen molar-refractivity contribution in [1.29, 1.82) is 5.26 Å². The predicted octanol–water partition coefficient (Wildman–Crippen LogP) is 3.24. The lowest BCUT2D eigenvalue weighted by molar-refractivity contribution is -0.120. The van der Waals surface area contributed by atoms with Crippen molar-refractivity contribution in [2.75, 3.05) is 23.3 Å². The number of aromatic nitrogens is 4. The summed E-state index contributed by atoms with van der Waals surface area (Å²) in [6.07, 6.45) is 7.85. The fourth-order valence-electron chi connectivity index (χ4n) is 3.76. The number of nitriles is 1. The Kier molecular flexibility index (Phi) is 5.13. The molecule has 4 aromatic heterocycles. The molecule has 0 aromatic carbocycles. The van der Waals surface area contributed by atoms with Crippen molar-refractivity contribution in [3.05, 3.63) is 60.9 Å². The van der Waals surface area contributed by atoms with Gasteiger partial charge in [0.1, 0.15) is 6.07 Å². The fraction of sp³-hybridized carbons (Fsp3) is 0.227. The zero-order chi connectivity index (χ0) is 21.9. The fourth-order valence-corrected chi connectivity index (χ4v) is 3.76. The highest BCUT2D eigenvalue weighted by molar-refractivity contribution is 5.94. The van der Waals surface area contributed by atoms with Gasteiger partial charge < -0.3 is 19.1 Å². The summed E-state index contributed by atoms with van der Waals surface area (Å²) in [7, 11) is 0. The average molecular weight is 429 g/mol. The molecule has 0 atom stereocenters. The smallest absolute Gasteiger partial charge is 0.266 e. The summed E-state index contributed by atoms with van der Waals surface area (Å²) in [5.41, 5.74) is 0.812. The summed E-state index contributed by atoms with van der Waals surface area (Å²) in [5, 5.41) is 16.6.